The number of hydrogen-bond acceptors (Lipinski definition) is 5. The summed E-state index contributed by atoms with van der Waals surface area (Å²) in [7, 11) is 0. The van der Waals surface area contributed by atoms with Crippen molar-refractivity contribution >= 4 is 0 Å². The summed E-state index contributed by atoms with van der Waals surface area (Å²) in [6, 6.07) is 0. The standard InChI is InChI=1S/C48H88O5/c1-11-34(2)30-45(3,4)52-43-26-18-38(19-27-43)48(9,10)37-16-24-42(25-17-37)51-33-40(49)31-46(5,6)53-44-28-20-39(21-29-44)47(7,8)36-14-22-41(23-15-36)50-32-35-12-13-35/h34-44,49H,11-33H2,1-10H3. The lowest BCUT2D eigenvalue weighted by atomic mass is 9.60. The molecule has 310 valence electrons. The maximum atomic E-state index is 11.1. The third kappa shape index (κ3) is 13.2. The predicted octanol–water partition coefficient (Wildman–Crippen LogP) is 12.5. The SMILES string of the molecule is CCC(C)CC(C)(C)OC1CCC(C(C)(C)C2CCC(OCC(O)CC(C)(C)OC3CCC(C(C)(C)C4CCC(OCC5CC5)CC4)CC3)CC2)CC1. The highest BCUT2D eigenvalue weighted by Gasteiger charge is 2.43. The molecule has 53 heavy (non-hydrogen) atoms. The van der Waals surface area contributed by atoms with Gasteiger partial charge in [-0.05, 0) is 196 Å². The van der Waals surface area contributed by atoms with E-state index in [2.05, 4.69) is 69.2 Å². The Kier molecular flexibility index (Phi) is 15.8. The van der Waals surface area contributed by atoms with Crippen molar-refractivity contribution in [2.24, 2.45) is 46.3 Å². The van der Waals surface area contributed by atoms with E-state index in [1.807, 2.05) is 0 Å². The van der Waals surface area contributed by atoms with E-state index in [0.717, 1.165) is 74.2 Å². The van der Waals surface area contributed by atoms with E-state index in [1.165, 1.54) is 96.3 Å². The summed E-state index contributed by atoms with van der Waals surface area (Å²) in [5, 5.41) is 11.1. The third-order valence-corrected chi connectivity index (χ3v) is 15.9. The normalized spacial score (nSPS) is 33.8. The molecule has 0 heterocycles. The first-order chi connectivity index (χ1) is 25.0. The van der Waals surface area contributed by atoms with Crippen molar-refractivity contribution in [2.75, 3.05) is 13.2 Å². The smallest absolute Gasteiger partial charge is 0.0801 e. The Hall–Kier alpha value is -0.200. The largest absolute Gasteiger partial charge is 0.391 e. The van der Waals surface area contributed by atoms with Gasteiger partial charge in [0.05, 0.1) is 48.3 Å². The highest BCUT2D eigenvalue weighted by atomic mass is 16.5. The van der Waals surface area contributed by atoms with Crippen LogP contribution in [0.5, 0.6) is 0 Å². The van der Waals surface area contributed by atoms with Crippen LogP contribution in [-0.4, -0.2) is 60.0 Å². The molecule has 5 saturated carbocycles. The van der Waals surface area contributed by atoms with Gasteiger partial charge in [-0.15, -0.1) is 0 Å². The topological polar surface area (TPSA) is 57.2 Å². The Balaban J connectivity index is 0.948. The Bertz CT molecular complexity index is 1050. The van der Waals surface area contributed by atoms with Gasteiger partial charge < -0.3 is 24.1 Å². The molecule has 1 N–H and O–H groups in total. The first-order valence-corrected chi connectivity index (χ1v) is 23.2. The van der Waals surface area contributed by atoms with Crippen LogP contribution in [0, 0.1) is 46.3 Å². The Morgan fingerprint density at radius 3 is 1.23 bits per heavy atom. The van der Waals surface area contributed by atoms with Crippen LogP contribution >= 0.6 is 0 Å². The van der Waals surface area contributed by atoms with Crippen molar-refractivity contribution in [3.8, 4) is 0 Å². The summed E-state index contributed by atoms with van der Waals surface area (Å²) in [5.74, 6) is 4.74. The molecule has 0 spiro atoms. The number of aliphatic hydroxyl groups excluding tert-OH is 1. The van der Waals surface area contributed by atoms with Crippen LogP contribution in [0.4, 0.5) is 0 Å². The van der Waals surface area contributed by atoms with Crippen LogP contribution in [0.3, 0.4) is 0 Å². The second kappa shape index (κ2) is 19.0. The van der Waals surface area contributed by atoms with E-state index < -0.39 is 6.10 Å². The molecule has 0 saturated heterocycles. The lowest BCUT2D eigenvalue weighted by Gasteiger charge is -2.47. The molecular formula is C48H88O5. The molecule has 0 radical (unpaired) electrons. The monoisotopic (exact) mass is 745 g/mol. The van der Waals surface area contributed by atoms with Crippen LogP contribution in [0.2, 0.25) is 0 Å². The third-order valence-electron chi connectivity index (χ3n) is 15.9. The fraction of sp³-hybridized carbons (Fsp3) is 1.00. The zero-order valence-electron chi connectivity index (χ0n) is 36.7. The Morgan fingerprint density at radius 2 is 0.849 bits per heavy atom. The Morgan fingerprint density at radius 1 is 0.491 bits per heavy atom. The van der Waals surface area contributed by atoms with Crippen LogP contribution in [-0.2, 0) is 18.9 Å². The van der Waals surface area contributed by atoms with E-state index in [-0.39, 0.29) is 17.3 Å². The van der Waals surface area contributed by atoms with E-state index in [1.54, 1.807) is 0 Å². The molecular weight excluding hydrogens is 657 g/mol. The van der Waals surface area contributed by atoms with Gasteiger partial charge >= 0.3 is 0 Å². The predicted molar refractivity (Wildman–Crippen MR) is 220 cm³/mol. The molecule has 0 aromatic carbocycles. The van der Waals surface area contributed by atoms with Gasteiger partial charge in [0.15, 0.2) is 0 Å². The minimum atomic E-state index is -0.481. The zero-order chi connectivity index (χ0) is 38.4. The van der Waals surface area contributed by atoms with Crippen LogP contribution in [0.25, 0.3) is 0 Å². The molecule has 5 heteroatoms. The molecule has 0 aromatic rings. The first-order valence-electron chi connectivity index (χ1n) is 23.2. The first kappa shape index (κ1) is 43.9. The summed E-state index contributed by atoms with van der Waals surface area (Å²) in [6.07, 6.45) is 26.6. The van der Waals surface area contributed by atoms with Crippen molar-refractivity contribution in [3.05, 3.63) is 0 Å². The zero-order valence-corrected chi connectivity index (χ0v) is 36.7. The van der Waals surface area contributed by atoms with Crippen LogP contribution in [0.15, 0.2) is 0 Å². The summed E-state index contributed by atoms with van der Waals surface area (Å²) in [6.45, 7) is 25.3. The van der Waals surface area contributed by atoms with Crippen molar-refractivity contribution in [3.63, 3.8) is 0 Å². The van der Waals surface area contributed by atoms with Gasteiger partial charge in [-0.2, -0.15) is 0 Å². The molecule has 5 fully saturated rings. The molecule has 2 unspecified atom stereocenters. The lowest BCUT2D eigenvalue weighted by molar-refractivity contribution is -0.125. The van der Waals surface area contributed by atoms with Crippen LogP contribution in [0.1, 0.15) is 204 Å². The fourth-order valence-electron chi connectivity index (χ4n) is 11.9. The van der Waals surface area contributed by atoms with Crippen molar-refractivity contribution in [1.82, 2.24) is 0 Å². The van der Waals surface area contributed by atoms with Gasteiger partial charge in [0.1, 0.15) is 0 Å². The molecule has 2 atom stereocenters. The lowest BCUT2D eigenvalue weighted by Crippen LogP contribution is -2.42. The summed E-state index contributed by atoms with van der Waals surface area (Å²) >= 11 is 0. The average Bonchev–Trinajstić information content (AvgIpc) is 3.95. The fourth-order valence-corrected chi connectivity index (χ4v) is 11.9. The number of aliphatic hydroxyl groups is 1. The minimum Gasteiger partial charge on any atom is -0.391 e. The van der Waals surface area contributed by atoms with Crippen molar-refractivity contribution in [1.29, 1.82) is 0 Å². The van der Waals surface area contributed by atoms with Gasteiger partial charge in [0.25, 0.3) is 0 Å². The molecule has 0 aliphatic heterocycles. The Labute approximate surface area is 328 Å². The molecule has 0 amide bonds. The van der Waals surface area contributed by atoms with Gasteiger partial charge in [0.2, 0.25) is 0 Å². The second-order valence-corrected chi connectivity index (χ2v) is 22.0. The minimum absolute atomic E-state index is 0.0158. The van der Waals surface area contributed by atoms with E-state index in [9.17, 15) is 5.11 Å². The summed E-state index contributed by atoms with van der Waals surface area (Å²) in [5.41, 5.74) is 0.396. The molecule has 5 aliphatic rings. The molecule has 5 aliphatic carbocycles. The molecule has 0 aromatic heterocycles. The highest BCUT2D eigenvalue weighted by Crippen LogP contribution is 2.51. The van der Waals surface area contributed by atoms with Crippen LogP contribution < -0.4 is 0 Å². The molecule has 0 bridgehead atoms. The maximum Gasteiger partial charge on any atom is 0.0801 e. The molecule has 5 rings (SSSR count). The van der Waals surface area contributed by atoms with Gasteiger partial charge in [-0.1, -0.05) is 48.0 Å². The molecule has 5 nitrogen and oxygen atoms in total. The maximum absolute atomic E-state index is 11.1. The van der Waals surface area contributed by atoms with Crippen molar-refractivity contribution in [2.45, 2.75) is 246 Å². The van der Waals surface area contributed by atoms with E-state index in [0.29, 0.717) is 42.2 Å². The highest BCUT2D eigenvalue weighted by molar-refractivity contribution is 4.93. The van der Waals surface area contributed by atoms with Gasteiger partial charge in [-0.25, -0.2) is 0 Å². The van der Waals surface area contributed by atoms with E-state index >= 15 is 0 Å². The van der Waals surface area contributed by atoms with E-state index in [4.69, 9.17) is 18.9 Å². The summed E-state index contributed by atoms with van der Waals surface area (Å²) < 4.78 is 26.1. The second-order valence-electron chi connectivity index (χ2n) is 22.0. The average molecular weight is 745 g/mol. The number of hydrogen-bond donors (Lipinski definition) is 1. The quantitative estimate of drug-likeness (QED) is 0.143. The number of rotatable bonds is 19. The van der Waals surface area contributed by atoms with Gasteiger partial charge in [-0.3, -0.25) is 0 Å². The number of ether oxygens (including phenoxy) is 4. The van der Waals surface area contributed by atoms with Crippen molar-refractivity contribution < 1.29 is 24.1 Å². The summed E-state index contributed by atoms with van der Waals surface area (Å²) in [4.78, 5) is 0. The van der Waals surface area contributed by atoms with Gasteiger partial charge in [0, 0.05) is 13.0 Å².